The molecule has 0 radical (unpaired) electrons. The average Bonchev–Trinajstić information content (AvgIpc) is 2.53. The molecule has 0 aliphatic carbocycles. The van der Waals surface area contributed by atoms with Gasteiger partial charge in [0.15, 0.2) is 0 Å². The van der Waals surface area contributed by atoms with Crippen molar-refractivity contribution < 1.29 is 13.9 Å². The Kier molecular flexibility index (Phi) is 5.19. The first-order chi connectivity index (χ1) is 10.2. The molecule has 0 fully saturated rings. The molecule has 0 aliphatic rings. The second-order valence-corrected chi connectivity index (χ2v) is 5.24. The summed E-state index contributed by atoms with van der Waals surface area (Å²) in [6.07, 6.45) is 0. The number of carbonyl (C=O) groups is 1. The van der Waals surface area contributed by atoms with Crippen molar-refractivity contribution in [3.8, 4) is 5.75 Å². The Morgan fingerprint density at radius 3 is 2.81 bits per heavy atom. The maximum atomic E-state index is 13.8. The zero-order chi connectivity index (χ0) is 15.2. The van der Waals surface area contributed by atoms with E-state index < -0.39 is 5.91 Å². The van der Waals surface area contributed by atoms with Gasteiger partial charge in [0, 0.05) is 16.2 Å². The summed E-state index contributed by atoms with van der Waals surface area (Å²) in [6, 6.07) is 11.7. The smallest absolute Gasteiger partial charge is 0.265 e. The van der Waals surface area contributed by atoms with Crippen LogP contribution in [0.1, 0.15) is 15.9 Å². The zero-order valence-electron chi connectivity index (χ0n) is 11.4. The van der Waals surface area contributed by atoms with E-state index in [4.69, 9.17) is 10.6 Å². The van der Waals surface area contributed by atoms with Crippen molar-refractivity contribution in [2.45, 2.75) is 10.6 Å². The third-order valence-corrected chi connectivity index (χ3v) is 3.99. The predicted octanol–water partition coefficient (Wildman–Crippen LogP) is 2.73. The predicted molar refractivity (Wildman–Crippen MR) is 80.6 cm³/mol. The van der Waals surface area contributed by atoms with Crippen molar-refractivity contribution >= 4 is 17.7 Å². The fraction of sp³-hybridized carbons (Fsp3) is 0.133. The summed E-state index contributed by atoms with van der Waals surface area (Å²) >= 11 is 1.44. The highest BCUT2D eigenvalue weighted by atomic mass is 32.2. The molecule has 3 N–H and O–H groups in total. The van der Waals surface area contributed by atoms with Crippen molar-refractivity contribution in [1.29, 1.82) is 0 Å². The Morgan fingerprint density at radius 1 is 1.33 bits per heavy atom. The third kappa shape index (κ3) is 3.74. The zero-order valence-corrected chi connectivity index (χ0v) is 12.2. The summed E-state index contributed by atoms with van der Waals surface area (Å²) in [6.45, 7) is 0. The first-order valence-electron chi connectivity index (χ1n) is 6.21. The topological polar surface area (TPSA) is 64.3 Å². The minimum atomic E-state index is -0.446. The monoisotopic (exact) mass is 306 g/mol. The van der Waals surface area contributed by atoms with Crippen LogP contribution in [-0.4, -0.2) is 13.0 Å². The van der Waals surface area contributed by atoms with Crippen molar-refractivity contribution in [2.75, 3.05) is 7.11 Å². The van der Waals surface area contributed by atoms with Crippen molar-refractivity contribution in [1.82, 2.24) is 5.43 Å². The summed E-state index contributed by atoms with van der Waals surface area (Å²) in [4.78, 5) is 12.4. The number of hydrogen-bond donors (Lipinski definition) is 2. The summed E-state index contributed by atoms with van der Waals surface area (Å²) in [5.74, 6) is 5.40. The van der Waals surface area contributed by atoms with Crippen LogP contribution in [0.5, 0.6) is 5.75 Å². The molecular weight excluding hydrogens is 291 g/mol. The Balaban J connectivity index is 2.17. The SMILES string of the molecule is COc1ccccc1SCc1cc(C(=O)NN)ccc1F. The van der Waals surface area contributed by atoms with Gasteiger partial charge in [-0.15, -0.1) is 11.8 Å². The number of nitrogens with one attached hydrogen (secondary N) is 1. The number of nitrogens with two attached hydrogens (primary N) is 1. The minimum absolute atomic E-state index is 0.328. The summed E-state index contributed by atoms with van der Waals surface area (Å²) in [7, 11) is 1.59. The second kappa shape index (κ2) is 7.10. The maximum absolute atomic E-state index is 13.8. The molecule has 0 unspecified atom stereocenters. The molecule has 0 aromatic heterocycles. The molecule has 2 aromatic carbocycles. The van der Waals surface area contributed by atoms with Crippen LogP contribution >= 0.6 is 11.8 Å². The fourth-order valence-corrected chi connectivity index (χ4v) is 2.80. The number of hydrazine groups is 1. The summed E-state index contributed by atoms with van der Waals surface area (Å²) < 4.78 is 19.1. The molecule has 2 aromatic rings. The number of hydrogen-bond acceptors (Lipinski definition) is 4. The number of para-hydroxylation sites is 1. The number of rotatable bonds is 5. The van der Waals surface area contributed by atoms with Crippen LogP contribution in [0, 0.1) is 5.82 Å². The largest absolute Gasteiger partial charge is 0.496 e. The molecule has 1 amide bonds. The van der Waals surface area contributed by atoms with Gasteiger partial charge in [-0.05, 0) is 35.9 Å². The molecule has 21 heavy (non-hydrogen) atoms. The van der Waals surface area contributed by atoms with Gasteiger partial charge in [-0.2, -0.15) is 0 Å². The normalized spacial score (nSPS) is 10.2. The van der Waals surface area contributed by atoms with Gasteiger partial charge in [-0.25, -0.2) is 10.2 Å². The molecule has 0 bridgehead atoms. The Bertz CT molecular complexity index is 649. The van der Waals surface area contributed by atoms with Crippen molar-refractivity contribution in [3.63, 3.8) is 0 Å². The van der Waals surface area contributed by atoms with Gasteiger partial charge in [0.2, 0.25) is 0 Å². The van der Waals surface area contributed by atoms with E-state index in [0.29, 0.717) is 16.9 Å². The molecular formula is C15H15FN2O2S. The number of carbonyl (C=O) groups excluding carboxylic acids is 1. The summed E-state index contributed by atoms with van der Waals surface area (Å²) in [5.41, 5.74) is 2.80. The molecule has 2 rings (SSSR count). The lowest BCUT2D eigenvalue weighted by Gasteiger charge is -2.09. The van der Waals surface area contributed by atoms with Gasteiger partial charge in [0.25, 0.3) is 5.91 Å². The molecule has 0 spiro atoms. The lowest BCUT2D eigenvalue weighted by atomic mass is 10.1. The van der Waals surface area contributed by atoms with Crippen LogP contribution < -0.4 is 16.0 Å². The maximum Gasteiger partial charge on any atom is 0.265 e. The van der Waals surface area contributed by atoms with Crippen LogP contribution in [0.4, 0.5) is 4.39 Å². The van der Waals surface area contributed by atoms with Crippen LogP contribution in [0.2, 0.25) is 0 Å². The highest BCUT2D eigenvalue weighted by molar-refractivity contribution is 7.98. The molecule has 0 atom stereocenters. The van der Waals surface area contributed by atoms with E-state index in [1.54, 1.807) is 7.11 Å². The van der Waals surface area contributed by atoms with Gasteiger partial charge < -0.3 is 4.74 Å². The number of thioether (sulfide) groups is 1. The van der Waals surface area contributed by atoms with E-state index in [1.165, 1.54) is 30.0 Å². The average molecular weight is 306 g/mol. The van der Waals surface area contributed by atoms with Crippen LogP contribution in [-0.2, 0) is 5.75 Å². The highest BCUT2D eigenvalue weighted by Crippen LogP contribution is 2.31. The van der Waals surface area contributed by atoms with Crippen LogP contribution in [0.25, 0.3) is 0 Å². The van der Waals surface area contributed by atoms with E-state index in [-0.39, 0.29) is 5.82 Å². The van der Waals surface area contributed by atoms with Gasteiger partial charge in [0.05, 0.1) is 7.11 Å². The molecule has 4 nitrogen and oxygen atoms in total. The molecule has 0 heterocycles. The molecule has 110 valence electrons. The quantitative estimate of drug-likeness (QED) is 0.386. The van der Waals surface area contributed by atoms with Gasteiger partial charge >= 0.3 is 0 Å². The highest BCUT2D eigenvalue weighted by Gasteiger charge is 2.10. The second-order valence-electron chi connectivity index (χ2n) is 4.22. The van der Waals surface area contributed by atoms with Crippen LogP contribution in [0.3, 0.4) is 0 Å². The Hall–Kier alpha value is -2.05. The van der Waals surface area contributed by atoms with E-state index in [9.17, 15) is 9.18 Å². The van der Waals surface area contributed by atoms with Crippen molar-refractivity contribution in [3.05, 3.63) is 59.4 Å². The van der Waals surface area contributed by atoms with E-state index in [2.05, 4.69) is 0 Å². The lowest BCUT2D eigenvalue weighted by molar-refractivity contribution is 0.0953. The molecule has 0 saturated carbocycles. The third-order valence-electron chi connectivity index (χ3n) is 2.89. The Labute approximate surface area is 126 Å². The van der Waals surface area contributed by atoms with E-state index in [1.807, 2.05) is 29.7 Å². The van der Waals surface area contributed by atoms with Gasteiger partial charge in [-0.3, -0.25) is 10.2 Å². The van der Waals surface area contributed by atoms with Crippen molar-refractivity contribution in [2.24, 2.45) is 5.84 Å². The fourth-order valence-electron chi connectivity index (χ4n) is 1.80. The standard InChI is InChI=1S/C15H15FN2O2S/c1-20-13-4-2-3-5-14(13)21-9-11-8-10(15(19)18-17)6-7-12(11)16/h2-8H,9,17H2,1H3,(H,18,19). The van der Waals surface area contributed by atoms with Gasteiger partial charge in [0.1, 0.15) is 11.6 Å². The van der Waals surface area contributed by atoms with Gasteiger partial charge in [-0.1, -0.05) is 12.1 Å². The summed E-state index contributed by atoms with van der Waals surface area (Å²) in [5, 5.41) is 0. The number of benzene rings is 2. The Morgan fingerprint density at radius 2 is 2.10 bits per heavy atom. The first-order valence-corrected chi connectivity index (χ1v) is 7.19. The number of ether oxygens (including phenoxy) is 1. The first kappa shape index (κ1) is 15.3. The number of methoxy groups -OCH3 is 1. The molecule has 0 saturated heterocycles. The number of amides is 1. The van der Waals surface area contributed by atoms with Crippen LogP contribution in [0.15, 0.2) is 47.4 Å². The molecule has 6 heteroatoms. The molecule has 0 aliphatic heterocycles. The van der Waals surface area contributed by atoms with E-state index >= 15 is 0 Å². The number of nitrogen functional groups attached to an aromatic ring is 1. The van der Waals surface area contributed by atoms with E-state index in [0.717, 1.165) is 10.6 Å². The minimum Gasteiger partial charge on any atom is -0.496 e. The number of halogens is 1. The lowest BCUT2D eigenvalue weighted by Crippen LogP contribution is -2.30.